The molecule has 0 N–H and O–H groups in total. The zero-order valence-electron chi connectivity index (χ0n) is 32.8. The number of esters is 2. The number of hydrogen-bond acceptors (Lipinski definition) is 8. The average molecular weight is 844 g/mol. The molecule has 0 bridgehead atoms. The molecule has 14 heteroatoms. The van der Waals surface area contributed by atoms with Crippen LogP contribution in [0.5, 0.6) is 0 Å². The number of carbonyl (C=O) groups excluding carboxylic acids is 4. The van der Waals surface area contributed by atoms with Crippen molar-refractivity contribution in [2.24, 2.45) is 0 Å². The molecule has 0 radical (unpaired) electrons. The molecule has 2 saturated carbocycles. The van der Waals surface area contributed by atoms with Crippen LogP contribution in [0.4, 0.5) is 11.4 Å². The summed E-state index contributed by atoms with van der Waals surface area (Å²) in [5.41, 5.74) is 5.93. The number of fused-ring (bicyclic) bond motifs is 4. The van der Waals surface area contributed by atoms with Gasteiger partial charge >= 0.3 is 11.9 Å². The van der Waals surface area contributed by atoms with Crippen LogP contribution in [0, 0.1) is 0 Å². The summed E-state index contributed by atoms with van der Waals surface area (Å²) in [5, 5.41) is 1.39. The fourth-order valence-electron chi connectivity index (χ4n) is 9.15. The van der Waals surface area contributed by atoms with Gasteiger partial charge in [-0.2, -0.15) is 0 Å². The molecule has 2 aliphatic carbocycles. The number of methoxy groups -OCH3 is 2. The van der Waals surface area contributed by atoms with E-state index in [9.17, 15) is 19.2 Å². The first-order chi connectivity index (χ1) is 29.1. The van der Waals surface area contributed by atoms with Gasteiger partial charge in [0.25, 0.3) is 0 Å². The van der Waals surface area contributed by atoms with E-state index in [2.05, 4.69) is 22.1 Å². The summed E-state index contributed by atoms with van der Waals surface area (Å²) in [6, 6.07) is 31.6. The Kier molecular flexibility index (Phi) is 10.1. The SMILES string of the molecule is COC(=O)c1cn(CCN2C(=O)[C@@]3(C[C@H]3c3ccc(Cl)cc3)c3ccccc32)cn1.COC(=O)c1cn(CCN2C(=O)[C@]3(C[C@@H]3c3ccc(Cl)cc3)c3ccccc32)cn1. The summed E-state index contributed by atoms with van der Waals surface area (Å²) in [5.74, 6) is -0.354. The summed E-state index contributed by atoms with van der Waals surface area (Å²) in [6.45, 7) is 2.07. The Labute approximate surface area is 356 Å². The summed E-state index contributed by atoms with van der Waals surface area (Å²) >= 11 is 12.1. The number of benzene rings is 4. The van der Waals surface area contributed by atoms with Crippen molar-refractivity contribution in [2.75, 3.05) is 37.1 Å². The topological polar surface area (TPSA) is 129 Å². The maximum absolute atomic E-state index is 13.6. The number of ether oxygens (including phenoxy) is 2. The lowest BCUT2D eigenvalue weighted by Crippen LogP contribution is -2.35. The van der Waals surface area contributed by atoms with Gasteiger partial charge in [0.15, 0.2) is 11.4 Å². The molecule has 2 spiro atoms. The van der Waals surface area contributed by atoms with E-state index in [0.717, 1.165) is 46.5 Å². The number of amides is 2. The lowest BCUT2D eigenvalue weighted by molar-refractivity contribution is -0.121. The van der Waals surface area contributed by atoms with E-state index in [1.54, 1.807) is 34.2 Å². The minimum Gasteiger partial charge on any atom is -0.464 e. The van der Waals surface area contributed by atoms with Crippen molar-refractivity contribution in [3.05, 3.63) is 166 Å². The smallest absolute Gasteiger partial charge is 0.358 e. The molecule has 4 heterocycles. The van der Waals surface area contributed by atoms with Gasteiger partial charge in [-0.15, -0.1) is 0 Å². The summed E-state index contributed by atoms with van der Waals surface area (Å²) in [7, 11) is 2.65. The van der Waals surface area contributed by atoms with E-state index >= 15 is 0 Å². The van der Waals surface area contributed by atoms with Crippen molar-refractivity contribution in [1.82, 2.24) is 19.1 Å². The molecule has 0 saturated heterocycles. The highest BCUT2D eigenvalue weighted by Crippen LogP contribution is 2.67. The summed E-state index contributed by atoms with van der Waals surface area (Å²) in [4.78, 5) is 62.3. The van der Waals surface area contributed by atoms with Crippen LogP contribution in [0.15, 0.2) is 122 Å². The second kappa shape index (κ2) is 15.4. The Morgan fingerprint density at radius 3 is 1.37 bits per heavy atom. The van der Waals surface area contributed by atoms with Gasteiger partial charge in [-0.05, 0) is 71.5 Å². The van der Waals surface area contributed by atoms with Crippen LogP contribution >= 0.6 is 23.2 Å². The molecule has 4 aliphatic rings. The minimum atomic E-state index is -0.490. The van der Waals surface area contributed by atoms with Crippen LogP contribution in [0.3, 0.4) is 0 Å². The quantitative estimate of drug-likeness (QED) is 0.129. The van der Waals surface area contributed by atoms with E-state index in [1.807, 2.05) is 94.7 Å². The van der Waals surface area contributed by atoms with Gasteiger partial charge in [-0.1, -0.05) is 83.9 Å². The molecule has 2 aliphatic heterocycles. The highest BCUT2D eigenvalue weighted by atomic mass is 35.5. The number of carbonyl (C=O) groups is 4. The number of imidazole rings is 2. The lowest BCUT2D eigenvalue weighted by Gasteiger charge is -2.18. The van der Waals surface area contributed by atoms with Crippen molar-refractivity contribution in [1.29, 1.82) is 0 Å². The molecule has 60 heavy (non-hydrogen) atoms. The van der Waals surface area contributed by atoms with Crippen LogP contribution in [-0.4, -0.2) is 70.2 Å². The van der Waals surface area contributed by atoms with Crippen molar-refractivity contribution in [2.45, 2.75) is 48.6 Å². The maximum Gasteiger partial charge on any atom is 0.358 e. The van der Waals surface area contributed by atoms with E-state index in [1.165, 1.54) is 14.2 Å². The van der Waals surface area contributed by atoms with Crippen molar-refractivity contribution in [3.63, 3.8) is 0 Å². The van der Waals surface area contributed by atoms with Gasteiger partial charge in [0.05, 0.1) is 37.7 Å². The molecule has 2 aromatic heterocycles. The second-order valence-corrected chi connectivity index (χ2v) is 16.4. The Hall–Kier alpha value is -6.24. The third-order valence-corrected chi connectivity index (χ3v) is 12.8. The Morgan fingerprint density at radius 1 is 0.600 bits per heavy atom. The molecule has 4 atom stereocenters. The zero-order chi connectivity index (χ0) is 41.8. The number of para-hydroxylation sites is 2. The summed E-state index contributed by atoms with van der Waals surface area (Å²) < 4.78 is 13.0. The van der Waals surface area contributed by atoms with Gasteiger partial charge in [-0.3, -0.25) is 9.59 Å². The van der Waals surface area contributed by atoms with Gasteiger partial charge in [0, 0.05) is 71.8 Å². The number of nitrogens with zero attached hydrogens (tertiary/aromatic N) is 6. The highest BCUT2D eigenvalue weighted by Gasteiger charge is 2.68. The van der Waals surface area contributed by atoms with E-state index in [4.69, 9.17) is 32.7 Å². The maximum atomic E-state index is 13.6. The molecular weight excluding hydrogens is 803 g/mol. The van der Waals surface area contributed by atoms with Gasteiger partial charge in [0.1, 0.15) is 0 Å². The Morgan fingerprint density at radius 2 is 0.983 bits per heavy atom. The van der Waals surface area contributed by atoms with E-state index in [0.29, 0.717) is 36.2 Å². The van der Waals surface area contributed by atoms with Crippen molar-refractivity contribution < 1.29 is 28.7 Å². The molecule has 10 rings (SSSR count). The highest BCUT2D eigenvalue weighted by molar-refractivity contribution is 6.30. The normalized spacial score (nSPS) is 21.7. The number of halogens is 2. The standard InChI is InChI=1S/2C23H20ClN3O3/c2*1-30-21(28)19-13-26(14-25-19)10-11-27-20-5-3-2-4-17(20)23(22(27)29)12-18(23)15-6-8-16(24)9-7-15/h2*2-9,13-14,18H,10-12H2,1H3/t2*18-,23-/m10/s1. The zero-order valence-corrected chi connectivity index (χ0v) is 34.3. The lowest BCUT2D eigenvalue weighted by atomic mass is 9.92. The molecule has 4 aromatic carbocycles. The average Bonchev–Trinajstić information content (AvgIpc) is 3.98. The molecule has 304 valence electrons. The molecule has 2 fully saturated rings. The Bertz CT molecular complexity index is 2460. The fraction of sp³-hybridized carbons (Fsp3) is 0.261. The van der Waals surface area contributed by atoms with Gasteiger partial charge in [-0.25, -0.2) is 19.6 Å². The molecule has 2 amide bonds. The van der Waals surface area contributed by atoms with Crippen LogP contribution in [0.25, 0.3) is 0 Å². The molecule has 0 unspecified atom stereocenters. The van der Waals surface area contributed by atoms with Crippen molar-refractivity contribution in [3.8, 4) is 0 Å². The molecule has 6 aromatic rings. The number of anilines is 2. The number of hydrogen-bond donors (Lipinski definition) is 0. The van der Waals surface area contributed by atoms with Crippen LogP contribution in [0.2, 0.25) is 10.0 Å². The first kappa shape index (κ1) is 39.2. The predicted octanol–water partition coefficient (Wildman–Crippen LogP) is 7.59. The first-order valence-corrected chi connectivity index (χ1v) is 20.4. The van der Waals surface area contributed by atoms with Gasteiger partial charge in [0.2, 0.25) is 11.8 Å². The van der Waals surface area contributed by atoms with Crippen LogP contribution in [0.1, 0.15) is 67.9 Å². The van der Waals surface area contributed by atoms with Crippen molar-refractivity contribution >= 4 is 58.3 Å². The van der Waals surface area contributed by atoms with E-state index in [-0.39, 0.29) is 35.0 Å². The minimum absolute atomic E-state index is 0.136. The number of aromatic nitrogens is 4. The monoisotopic (exact) mass is 842 g/mol. The van der Waals surface area contributed by atoms with Gasteiger partial charge < -0.3 is 28.4 Å². The number of rotatable bonds is 10. The molecular formula is C46H40Cl2N6O6. The van der Waals surface area contributed by atoms with Crippen LogP contribution < -0.4 is 9.80 Å². The molecule has 12 nitrogen and oxygen atoms in total. The fourth-order valence-corrected chi connectivity index (χ4v) is 9.40. The Balaban J connectivity index is 0.000000154. The predicted molar refractivity (Wildman–Crippen MR) is 226 cm³/mol. The third-order valence-electron chi connectivity index (χ3n) is 12.3. The summed E-state index contributed by atoms with van der Waals surface area (Å²) in [6.07, 6.45) is 8.06. The first-order valence-electron chi connectivity index (χ1n) is 19.6. The third kappa shape index (κ3) is 6.64. The van der Waals surface area contributed by atoms with Crippen LogP contribution in [-0.2, 0) is 43.0 Å². The largest absolute Gasteiger partial charge is 0.464 e. The van der Waals surface area contributed by atoms with E-state index < -0.39 is 22.8 Å². The second-order valence-electron chi connectivity index (χ2n) is 15.5.